The highest BCUT2D eigenvalue weighted by atomic mass is 16.2. The third kappa shape index (κ3) is 3.30. The van der Waals surface area contributed by atoms with Crippen LogP contribution in [-0.2, 0) is 11.3 Å². The first-order valence-electron chi connectivity index (χ1n) is 7.74. The predicted octanol–water partition coefficient (Wildman–Crippen LogP) is 2.39. The van der Waals surface area contributed by atoms with Crippen LogP contribution in [0.4, 0.5) is 0 Å². The maximum absolute atomic E-state index is 12.8. The molecule has 1 aromatic heterocycles. The Bertz CT molecular complexity index is 676. The summed E-state index contributed by atoms with van der Waals surface area (Å²) in [4.78, 5) is 25.6. The summed E-state index contributed by atoms with van der Waals surface area (Å²) in [6.07, 6.45) is 1.81. The Kier molecular flexibility index (Phi) is 5.20. The molecule has 0 unspecified atom stereocenters. The van der Waals surface area contributed by atoms with E-state index in [4.69, 9.17) is 5.73 Å². The second-order valence-electron chi connectivity index (χ2n) is 5.38. The molecule has 5 nitrogen and oxygen atoms in total. The molecule has 5 heteroatoms. The van der Waals surface area contributed by atoms with E-state index in [1.54, 1.807) is 4.90 Å². The van der Waals surface area contributed by atoms with Crippen LogP contribution in [0.5, 0.6) is 0 Å². The van der Waals surface area contributed by atoms with Crippen LogP contribution < -0.4 is 5.73 Å². The molecule has 0 radical (unpaired) electrons. The van der Waals surface area contributed by atoms with E-state index in [0.717, 1.165) is 23.7 Å². The van der Waals surface area contributed by atoms with Crippen molar-refractivity contribution < 1.29 is 9.59 Å². The molecule has 1 heterocycles. The van der Waals surface area contributed by atoms with Crippen LogP contribution in [0, 0.1) is 0 Å². The number of hydrogen-bond acceptors (Lipinski definition) is 2. The number of carbonyl (C=O) groups excluding carboxylic acids is 2. The van der Waals surface area contributed by atoms with E-state index in [-0.39, 0.29) is 12.5 Å². The minimum atomic E-state index is -0.483. The van der Waals surface area contributed by atoms with Gasteiger partial charge in [0.2, 0.25) is 5.91 Å². The molecule has 2 amide bonds. The summed E-state index contributed by atoms with van der Waals surface area (Å²) in [5, 5.41) is 1.03. The molecule has 0 fully saturated rings. The van der Waals surface area contributed by atoms with Gasteiger partial charge >= 0.3 is 0 Å². The summed E-state index contributed by atoms with van der Waals surface area (Å²) >= 11 is 0. The van der Waals surface area contributed by atoms with Crippen molar-refractivity contribution in [3.63, 3.8) is 0 Å². The molecule has 22 heavy (non-hydrogen) atoms. The molecule has 0 saturated carbocycles. The van der Waals surface area contributed by atoms with Crippen molar-refractivity contribution >= 4 is 22.7 Å². The minimum Gasteiger partial charge on any atom is -0.368 e. The summed E-state index contributed by atoms with van der Waals surface area (Å²) in [5.74, 6) is -0.617. The van der Waals surface area contributed by atoms with E-state index in [9.17, 15) is 9.59 Å². The number of para-hydroxylation sites is 1. The van der Waals surface area contributed by atoms with Gasteiger partial charge in [0.05, 0.1) is 6.54 Å². The molecular formula is C17H23N3O2. The monoisotopic (exact) mass is 301 g/mol. The van der Waals surface area contributed by atoms with Gasteiger partial charge < -0.3 is 15.2 Å². The Morgan fingerprint density at radius 3 is 2.59 bits per heavy atom. The fourth-order valence-electron chi connectivity index (χ4n) is 2.68. The molecule has 0 aliphatic rings. The van der Waals surface area contributed by atoms with E-state index < -0.39 is 5.91 Å². The Morgan fingerprint density at radius 2 is 1.95 bits per heavy atom. The minimum absolute atomic E-state index is 0.0376. The molecule has 2 aromatic rings. The lowest BCUT2D eigenvalue weighted by Crippen LogP contribution is -2.39. The molecule has 0 atom stereocenters. The van der Waals surface area contributed by atoms with E-state index in [0.29, 0.717) is 18.8 Å². The van der Waals surface area contributed by atoms with Crippen molar-refractivity contribution in [1.82, 2.24) is 9.47 Å². The maximum Gasteiger partial charge on any atom is 0.270 e. The molecule has 0 aliphatic heterocycles. The molecule has 0 aliphatic carbocycles. The zero-order chi connectivity index (χ0) is 16.1. The van der Waals surface area contributed by atoms with Gasteiger partial charge in [-0.25, -0.2) is 0 Å². The summed E-state index contributed by atoms with van der Waals surface area (Å²) in [5.41, 5.74) is 6.93. The predicted molar refractivity (Wildman–Crippen MR) is 87.6 cm³/mol. The number of carbonyl (C=O) groups is 2. The van der Waals surface area contributed by atoms with Crippen LogP contribution in [0.25, 0.3) is 10.9 Å². The Morgan fingerprint density at radius 1 is 1.23 bits per heavy atom. The number of rotatable bonds is 7. The molecule has 1 aromatic carbocycles. The number of aromatic nitrogens is 1. The van der Waals surface area contributed by atoms with Gasteiger partial charge in [-0.3, -0.25) is 9.59 Å². The smallest absolute Gasteiger partial charge is 0.270 e. The topological polar surface area (TPSA) is 68.3 Å². The summed E-state index contributed by atoms with van der Waals surface area (Å²) in [7, 11) is 0. The Labute approximate surface area is 130 Å². The standard InChI is InChI=1S/C17H23N3O2/c1-3-5-10-19(12-16(18)21)17(22)15-11-13-8-6-7-9-14(13)20(15)4-2/h6-9,11H,3-5,10,12H2,1-2H3,(H2,18,21). The normalized spacial score (nSPS) is 10.8. The number of hydrogen-bond donors (Lipinski definition) is 1. The van der Waals surface area contributed by atoms with Gasteiger partial charge in [0.25, 0.3) is 5.91 Å². The number of nitrogens with two attached hydrogens (primary N) is 1. The fraction of sp³-hybridized carbons (Fsp3) is 0.412. The number of benzene rings is 1. The van der Waals surface area contributed by atoms with E-state index in [2.05, 4.69) is 6.92 Å². The van der Waals surface area contributed by atoms with Crippen LogP contribution in [0.2, 0.25) is 0 Å². The Hall–Kier alpha value is -2.30. The SMILES string of the molecule is CCCCN(CC(N)=O)C(=O)c1cc2ccccc2n1CC. The maximum atomic E-state index is 12.8. The third-order valence-corrected chi connectivity index (χ3v) is 3.76. The third-order valence-electron chi connectivity index (χ3n) is 3.76. The lowest BCUT2D eigenvalue weighted by Gasteiger charge is -2.21. The number of unbranched alkanes of at least 4 members (excludes halogenated alkanes) is 1. The van der Waals surface area contributed by atoms with Gasteiger partial charge in [-0.1, -0.05) is 31.5 Å². The number of primary amides is 1. The zero-order valence-electron chi connectivity index (χ0n) is 13.2. The van der Waals surface area contributed by atoms with Gasteiger partial charge in [0.15, 0.2) is 0 Å². The lowest BCUT2D eigenvalue weighted by molar-refractivity contribution is -0.118. The van der Waals surface area contributed by atoms with E-state index >= 15 is 0 Å². The van der Waals surface area contributed by atoms with Crippen molar-refractivity contribution in [3.8, 4) is 0 Å². The van der Waals surface area contributed by atoms with Crippen LogP contribution in [-0.4, -0.2) is 34.4 Å². The lowest BCUT2D eigenvalue weighted by atomic mass is 10.2. The highest BCUT2D eigenvalue weighted by molar-refractivity contribution is 6.00. The van der Waals surface area contributed by atoms with Gasteiger partial charge in [-0.15, -0.1) is 0 Å². The van der Waals surface area contributed by atoms with Crippen molar-refractivity contribution in [1.29, 1.82) is 0 Å². The van der Waals surface area contributed by atoms with Crippen molar-refractivity contribution in [2.75, 3.05) is 13.1 Å². The van der Waals surface area contributed by atoms with Gasteiger partial charge in [0, 0.05) is 24.0 Å². The van der Waals surface area contributed by atoms with Crippen LogP contribution in [0.3, 0.4) is 0 Å². The number of nitrogens with zero attached hydrogens (tertiary/aromatic N) is 2. The first kappa shape index (κ1) is 16.1. The number of aryl methyl sites for hydroxylation is 1. The molecule has 0 saturated heterocycles. The van der Waals surface area contributed by atoms with Crippen LogP contribution in [0.1, 0.15) is 37.2 Å². The molecule has 0 spiro atoms. The van der Waals surface area contributed by atoms with Gasteiger partial charge in [-0.2, -0.15) is 0 Å². The largest absolute Gasteiger partial charge is 0.368 e. The Balaban J connectivity index is 2.38. The summed E-state index contributed by atoms with van der Waals surface area (Å²) < 4.78 is 1.98. The molecule has 2 rings (SSSR count). The van der Waals surface area contributed by atoms with Crippen LogP contribution in [0.15, 0.2) is 30.3 Å². The number of fused-ring (bicyclic) bond motifs is 1. The molecule has 2 N–H and O–H groups in total. The first-order valence-corrected chi connectivity index (χ1v) is 7.74. The van der Waals surface area contributed by atoms with Crippen molar-refractivity contribution in [2.45, 2.75) is 33.2 Å². The van der Waals surface area contributed by atoms with Crippen LogP contribution >= 0.6 is 0 Å². The fourth-order valence-corrected chi connectivity index (χ4v) is 2.68. The number of amides is 2. The molecule has 118 valence electrons. The van der Waals surface area contributed by atoms with E-state index in [1.165, 1.54) is 0 Å². The van der Waals surface area contributed by atoms with E-state index in [1.807, 2.05) is 41.8 Å². The van der Waals surface area contributed by atoms with Gasteiger partial charge in [-0.05, 0) is 25.5 Å². The quantitative estimate of drug-likeness (QED) is 0.853. The summed E-state index contributed by atoms with van der Waals surface area (Å²) in [6, 6.07) is 9.79. The van der Waals surface area contributed by atoms with Crippen molar-refractivity contribution in [2.24, 2.45) is 5.73 Å². The second kappa shape index (κ2) is 7.11. The molecule has 0 bridgehead atoms. The average molecular weight is 301 g/mol. The van der Waals surface area contributed by atoms with Gasteiger partial charge in [0.1, 0.15) is 5.69 Å². The second-order valence-corrected chi connectivity index (χ2v) is 5.38. The summed E-state index contributed by atoms with van der Waals surface area (Å²) in [6.45, 7) is 5.27. The average Bonchev–Trinajstić information content (AvgIpc) is 2.88. The first-order chi connectivity index (χ1) is 10.6. The van der Waals surface area contributed by atoms with Crippen molar-refractivity contribution in [3.05, 3.63) is 36.0 Å². The highest BCUT2D eigenvalue weighted by Crippen LogP contribution is 2.21. The zero-order valence-corrected chi connectivity index (χ0v) is 13.2. The highest BCUT2D eigenvalue weighted by Gasteiger charge is 2.21. The molecular weight excluding hydrogens is 278 g/mol.